The lowest BCUT2D eigenvalue weighted by atomic mass is 10.00. The van der Waals surface area contributed by atoms with E-state index in [0.29, 0.717) is 43.4 Å². The highest BCUT2D eigenvalue weighted by Gasteiger charge is 2.40. The summed E-state index contributed by atoms with van der Waals surface area (Å²) in [5, 5.41) is 14.7. The molecule has 2 aromatic carbocycles. The molecule has 11 nitrogen and oxygen atoms in total. The molecule has 1 unspecified atom stereocenters. The molecular formula is C21H23N4O7+. The second-order valence-corrected chi connectivity index (χ2v) is 7.47. The first kappa shape index (κ1) is 21.4. The van der Waals surface area contributed by atoms with Gasteiger partial charge in [-0.1, -0.05) is 0 Å². The van der Waals surface area contributed by atoms with Crippen molar-refractivity contribution in [1.82, 2.24) is 4.90 Å². The Morgan fingerprint density at radius 2 is 1.88 bits per heavy atom. The molecule has 2 amide bonds. The van der Waals surface area contributed by atoms with Crippen LogP contribution in [0.3, 0.4) is 0 Å². The first-order valence-electron chi connectivity index (χ1n) is 10.1. The lowest BCUT2D eigenvalue weighted by Gasteiger charge is -2.34. The minimum absolute atomic E-state index is 0.0382. The second kappa shape index (κ2) is 9.10. The molecule has 4 rings (SSSR count). The van der Waals surface area contributed by atoms with E-state index in [-0.39, 0.29) is 23.8 Å². The molecule has 0 aliphatic carbocycles. The largest absolute Gasteiger partial charge is 0.497 e. The van der Waals surface area contributed by atoms with E-state index in [0.717, 1.165) is 11.3 Å². The fourth-order valence-corrected chi connectivity index (χ4v) is 3.98. The summed E-state index contributed by atoms with van der Waals surface area (Å²) >= 11 is 0. The van der Waals surface area contributed by atoms with Crippen LogP contribution in [0.5, 0.6) is 17.2 Å². The highest BCUT2D eigenvalue weighted by molar-refractivity contribution is 5.95. The summed E-state index contributed by atoms with van der Waals surface area (Å²) in [6.45, 7) is 1.78. The molecule has 11 heteroatoms. The van der Waals surface area contributed by atoms with Gasteiger partial charge in [0, 0.05) is 11.8 Å². The summed E-state index contributed by atoms with van der Waals surface area (Å²) in [7, 11) is 1.55. The maximum atomic E-state index is 13.5. The Morgan fingerprint density at radius 1 is 1.22 bits per heavy atom. The molecule has 2 aromatic rings. The second-order valence-electron chi connectivity index (χ2n) is 7.47. The number of nitrogens with one attached hydrogen (secondary N) is 2. The number of hydrogen-bond donors (Lipinski definition) is 2. The molecule has 2 N–H and O–H groups in total. The van der Waals surface area contributed by atoms with E-state index in [2.05, 4.69) is 5.32 Å². The van der Waals surface area contributed by atoms with Crippen LogP contribution < -0.4 is 24.4 Å². The molecule has 1 atom stereocenters. The zero-order valence-electron chi connectivity index (χ0n) is 17.4. The van der Waals surface area contributed by atoms with Crippen LogP contribution >= 0.6 is 0 Å². The van der Waals surface area contributed by atoms with Crippen LogP contribution in [0.15, 0.2) is 36.4 Å². The van der Waals surface area contributed by atoms with E-state index < -0.39 is 16.9 Å². The van der Waals surface area contributed by atoms with Crippen LogP contribution in [-0.2, 0) is 9.59 Å². The van der Waals surface area contributed by atoms with Crippen LogP contribution in [0.4, 0.5) is 11.4 Å². The normalized spacial score (nSPS) is 16.3. The highest BCUT2D eigenvalue weighted by atomic mass is 16.7. The predicted octanol–water partition coefficient (Wildman–Crippen LogP) is 0.369. The smallest absolute Gasteiger partial charge is 0.287 e. The molecule has 2 heterocycles. The van der Waals surface area contributed by atoms with Crippen molar-refractivity contribution in [3.63, 3.8) is 0 Å². The van der Waals surface area contributed by atoms with Crippen LogP contribution in [0, 0.1) is 10.1 Å². The number of nitro groups is 1. The van der Waals surface area contributed by atoms with Gasteiger partial charge >= 0.3 is 0 Å². The number of benzene rings is 2. The van der Waals surface area contributed by atoms with Gasteiger partial charge in [0.2, 0.25) is 13.2 Å². The van der Waals surface area contributed by atoms with Crippen LogP contribution in [0.25, 0.3) is 0 Å². The van der Waals surface area contributed by atoms with E-state index >= 15 is 0 Å². The lowest BCUT2D eigenvalue weighted by Crippen LogP contribution is -3.16. The van der Waals surface area contributed by atoms with E-state index in [1.165, 1.54) is 12.1 Å². The quantitative estimate of drug-likeness (QED) is 0.360. The van der Waals surface area contributed by atoms with Crippen molar-refractivity contribution in [3.8, 4) is 17.2 Å². The van der Waals surface area contributed by atoms with E-state index in [1.54, 1.807) is 36.3 Å². The number of carbonyl (C=O) groups excluding carboxylic acids is 2. The number of anilines is 1. The van der Waals surface area contributed by atoms with Crippen LogP contribution in [-0.4, -0.2) is 62.2 Å². The van der Waals surface area contributed by atoms with Crippen molar-refractivity contribution in [2.75, 3.05) is 45.4 Å². The Balaban J connectivity index is 1.70. The number of rotatable bonds is 7. The number of hydrogen-bond acceptors (Lipinski definition) is 7. The predicted molar refractivity (Wildman–Crippen MR) is 112 cm³/mol. The number of fused-ring (bicyclic) bond motifs is 1. The highest BCUT2D eigenvalue weighted by Crippen LogP contribution is 2.40. The molecule has 0 saturated carbocycles. The summed E-state index contributed by atoms with van der Waals surface area (Å²) in [4.78, 5) is 38.3. The van der Waals surface area contributed by atoms with Gasteiger partial charge in [-0.25, -0.2) is 0 Å². The summed E-state index contributed by atoms with van der Waals surface area (Å²) in [5.41, 5.74) is 0.560. The van der Waals surface area contributed by atoms with Gasteiger partial charge in [-0.2, -0.15) is 0 Å². The molecule has 168 valence electrons. The standard InChI is InChI=1S/C21H22N4O7/c1-30-15-4-2-14(3-5-15)22-21(27)20(24-8-6-23(12-26)7-9-24)16-10-18-19(32-13-31-18)11-17(16)25(28)29/h2-5,10-12,20H,6-9,13H2,1H3,(H,22,27)/p+1. The van der Waals surface area contributed by atoms with E-state index in [4.69, 9.17) is 14.2 Å². The average molecular weight is 443 g/mol. The molecule has 0 aromatic heterocycles. The van der Waals surface area contributed by atoms with Gasteiger partial charge in [-0.15, -0.1) is 0 Å². The number of nitro benzene ring substituents is 1. The number of amides is 2. The first-order valence-corrected chi connectivity index (χ1v) is 10.1. The topological polar surface area (TPSA) is 125 Å². The number of carbonyl (C=O) groups is 2. The Bertz CT molecular complexity index is 1020. The summed E-state index contributed by atoms with van der Waals surface area (Å²) in [6.07, 6.45) is 0.770. The van der Waals surface area contributed by atoms with Crippen molar-refractivity contribution in [1.29, 1.82) is 0 Å². The zero-order chi connectivity index (χ0) is 22.7. The van der Waals surface area contributed by atoms with Gasteiger partial charge in [0.25, 0.3) is 11.6 Å². The fraction of sp³-hybridized carbons (Fsp3) is 0.333. The van der Waals surface area contributed by atoms with Gasteiger partial charge in [0.1, 0.15) is 11.3 Å². The molecule has 0 spiro atoms. The Morgan fingerprint density at radius 3 is 2.47 bits per heavy atom. The van der Waals surface area contributed by atoms with Gasteiger partial charge in [0.15, 0.2) is 17.5 Å². The zero-order valence-corrected chi connectivity index (χ0v) is 17.4. The number of methoxy groups -OCH3 is 1. The van der Waals surface area contributed by atoms with Crippen LogP contribution in [0.1, 0.15) is 11.6 Å². The minimum atomic E-state index is -0.888. The van der Waals surface area contributed by atoms with Gasteiger partial charge in [-0.05, 0) is 24.3 Å². The third kappa shape index (κ3) is 4.28. The van der Waals surface area contributed by atoms with Crippen LogP contribution in [0.2, 0.25) is 0 Å². The number of piperazine rings is 1. The Kier molecular flexibility index (Phi) is 6.08. The van der Waals surface area contributed by atoms with E-state index in [9.17, 15) is 19.7 Å². The average Bonchev–Trinajstić information content (AvgIpc) is 3.27. The maximum Gasteiger partial charge on any atom is 0.287 e. The third-order valence-corrected chi connectivity index (χ3v) is 5.65. The Hall–Kier alpha value is -3.86. The number of ether oxygens (including phenoxy) is 3. The minimum Gasteiger partial charge on any atom is -0.497 e. The van der Waals surface area contributed by atoms with Crippen molar-refractivity contribution >= 4 is 23.7 Å². The van der Waals surface area contributed by atoms with Crippen molar-refractivity contribution in [2.24, 2.45) is 0 Å². The lowest BCUT2D eigenvalue weighted by molar-refractivity contribution is -0.925. The summed E-state index contributed by atoms with van der Waals surface area (Å²) < 4.78 is 15.8. The van der Waals surface area contributed by atoms with Crippen molar-refractivity contribution in [3.05, 3.63) is 52.1 Å². The third-order valence-electron chi connectivity index (χ3n) is 5.65. The monoisotopic (exact) mass is 443 g/mol. The Labute approximate surface area is 183 Å². The molecule has 1 saturated heterocycles. The van der Waals surface area contributed by atoms with Gasteiger partial charge in [0.05, 0.1) is 44.3 Å². The SMILES string of the molecule is COc1ccc(NC(=O)C(c2cc3c(cc2[N+](=O)[O-])OCO3)[NH+]2CCN(C=O)CC2)cc1. The molecule has 0 bridgehead atoms. The summed E-state index contributed by atoms with van der Waals surface area (Å²) in [6, 6.07) is 8.74. The molecule has 32 heavy (non-hydrogen) atoms. The van der Waals surface area contributed by atoms with Crippen molar-refractivity contribution in [2.45, 2.75) is 6.04 Å². The molecule has 0 radical (unpaired) electrons. The van der Waals surface area contributed by atoms with Crippen molar-refractivity contribution < 1.29 is 33.6 Å². The first-order chi connectivity index (χ1) is 15.5. The number of nitrogens with zero attached hydrogens (tertiary/aromatic N) is 2. The summed E-state index contributed by atoms with van der Waals surface area (Å²) in [5.74, 6) is 0.877. The molecule has 2 aliphatic heterocycles. The molecule has 1 fully saturated rings. The van der Waals surface area contributed by atoms with E-state index in [1.807, 2.05) is 0 Å². The van der Waals surface area contributed by atoms with Gasteiger partial charge in [-0.3, -0.25) is 19.7 Å². The van der Waals surface area contributed by atoms with Gasteiger partial charge < -0.3 is 29.3 Å². The molecular weight excluding hydrogens is 420 g/mol. The molecule has 2 aliphatic rings. The fourth-order valence-electron chi connectivity index (χ4n) is 3.98. The number of quaternary nitrogens is 1. The maximum absolute atomic E-state index is 13.5.